The molecule has 1 aromatic rings. The van der Waals surface area contributed by atoms with E-state index in [4.69, 9.17) is 0 Å². The normalized spacial score (nSPS) is 13.8. The molecule has 0 spiro atoms. The zero-order valence-electron chi connectivity index (χ0n) is 11.3. The average molecular weight is 339 g/mol. The monoisotopic (exact) mass is 338 g/mol. The van der Waals surface area contributed by atoms with Gasteiger partial charge >= 0.3 is 0 Å². The fourth-order valence-corrected chi connectivity index (χ4v) is 2.11. The maximum Gasteiger partial charge on any atom is 0.223 e. The van der Waals surface area contributed by atoms with E-state index >= 15 is 0 Å². The van der Waals surface area contributed by atoms with Crippen LogP contribution in [0.4, 0.5) is 0 Å². The van der Waals surface area contributed by atoms with Gasteiger partial charge in [0, 0.05) is 29.9 Å². The van der Waals surface area contributed by atoms with Crippen molar-refractivity contribution in [3.8, 4) is 0 Å². The molecular formula is C15H19BrN2O2. The van der Waals surface area contributed by atoms with Crippen LogP contribution < -0.4 is 10.6 Å². The molecule has 0 radical (unpaired) electrons. The molecule has 0 aliphatic heterocycles. The van der Waals surface area contributed by atoms with E-state index in [-0.39, 0.29) is 17.7 Å². The van der Waals surface area contributed by atoms with E-state index < -0.39 is 0 Å². The molecule has 0 aromatic heterocycles. The number of amides is 2. The second-order valence-corrected chi connectivity index (χ2v) is 5.99. The zero-order valence-corrected chi connectivity index (χ0v) is 12.9. The summed E-state index contributed by atoms with van der Waals surface area (Å²) in [6, 6.07) is 7.85. The summed E-state index contributed by atoms with van der Waals surface area (Å²) in [4.78, 5) is 23.0. The van der Waals surface area contributed by atoms with Gasteiger partial charge in [-0.05, 0) is 37.0 Å². The number of halogens is 1. The largest absolute Gasteiger partial charge is 0.356 e. The van der Waals surface area contributed by atoms with Crippen molar-refractivity contribution < 1.29 is 9.59 Å². The first-order chi connectivity index (χ1) is 9.65. The summed E-state index contributed by atoms with van der Waals surface area (Å²) in [5.74, 6) is 0.398. The first-order valence-corrected chi connectivity index (χ1v) is 7.73. The molecule has 2 rings (SSSR count). The van der Waals surface area contributed by atoms with Crippen LogP contribution in [0.25, 0.3) is 0 Å². The van der Waals surface area contributed by atoms with E-state index in [1.165, 1.54) is 0 Å². The van der Waals surface area contributed by atoms with Crippen LogP contribution in [-0.4, -0.2) is 18.4 Å². The van der Waals surface area contributed by atoms with Crippen LogP contribution in [0.15, 0.2) is 28.7 Å². The molecule has 1 fully saturated rings. The molecule has 0 saturated heterocycles. The second-order valence-electron chi connectivity index (χ2n) is 5.07. The summed E-state index contributed by atoms with van der Waals surface area (Å²) >= 11 is 3.37. The first kappa shape index (κ1) is 15.0. The van der Waals surface area contributed by atoms with E-state index in [1.807, 2.05) is 24.3 Å². The SMILES string of the molecule is O=C(CCCNC(=O)C1CC1)NCc1ccc(Br)cc1. The maximum absolute atomic E-state index is 11.6. The summed E-state index contributed by atoms with van der Waals surface area (Å²) in [6.45, 7) is 1.13. The maximum atomic E-state index is 11.6. The molecule has 1 aliphatic carbocycles. The second kappa shape index (κ2) is 7.43. The van der Waals surface area contributed by atoms with E-state index in [0.717, 1.165) is 22.9 Å². The number of hydrogen-bond acceptors (Lipinski definition) is 2. The molecule has 0 bridgehead atoms. The summed E-state index contributed by atoms with van der Waals surface area (Å²) in [7, 11) is 0. The lowest BCUT2D eigenvalue weighted by Gasteiger charge is -2.06. The first-order valence-electron chi connectivity index (χ1n) is 6.94. The summed E-state index contributed by atoms with van der Waals surface area (Å²) in [6.07, 6.45) is 3.16. The molecule has 0 heterocycles. The quantitative estimate of drug-likeness (QED) is 0.750. The predicted octanol–water partition coefficient (Wildman–Crippen LogP) is 2.37. The Morgan fingerprint density at radius 3 is 2.50 bits per heavy atom. The standard InChI is InChI=1S/C15H19BrN2O2/c16-13-7-3-11(4-8-13)10-18-14(19)2-1-9-17-15(20)12-5-6-12/h3-4,7-8,12H,1-2,5-6,9-10H2,(H,17,20)(H,18,19). The summed E-state index contributed by atoms with van der Waals surface area (Å²) < 4.78 is 1.03. The van der Waals surface area contributed by atoms with Gasteiger partial charge in [-0.3, -0.25) is 9.59 Å². The van der Waals surface area contributed by atoms with Gasteiger partial charge in [0.25, 0.3) is 0 Å². The van der Waals surface area contributed by atoms with Crippen molar-refractivity contribution in [3.63, 3.8) is 0 Å². The summed E-state index contributed by atoms with van der Waals surface area (Å²) in [5.41, 5.74) is 1.07. The highest BCUT2D eigenvalue weighted by Gasteiger charge is 2.28. The van der Waals surface area contributed by atoms with Crippen LogP contribution in [0.1, 0.15) is 31.2 Å². The van der Waals surface area contributed by atoms with Gasteiger partial charge in [-0.25, -0.2) is 0 Å². The highest BCUT2D eigenvalue weighted by Crippen LogP contribution is 2.28. The van der Waals surface area contributed by atoms with Gasteiger partial charge in [-0.2, -0.15) is 0 Å². The lowest BCUT2D eigenvalue weighted by molar-refractivity contribution is -0.123. The third-order valence-electron chi connectivity index (χ3n) is 3.23. The predicted molar refractivity (Wildman–Crippen MR) is 81.0 cm³/mol. The number of nitrogens with one attached hydrogen (secondary N) is 2. The van der Waals surface area contributed by atoms with Crippen molar-refractivity contribution in [2.24, 2.45) is 5.92 Å². The van der Waals surface area contributed by atoms with Crippen LogP contribution in [0.3, 0.4) is 0 Å². The molecule has 1 saturated carbocycles. The van der Waals surface area contributed by atoms with Gasteiger partial charge in [0.1, 0.15) is 0 Å². The molecule has 1 aliphatic rings. The Kier molecular flexibility index (Phi) is 5.59. The van der Waals surface area contributed by atoms with Crippen LogP contribution in [0.2, 0.25) is 0 Å². The lowest BCUT2D eigenvalue weighted by Crippen LogP contribution is -2.28. The molecular weight excluding hydrogens is 320 g/mol. The Labute approximate surface area is 127 Å². The molecule has 2 N–H and O–H groups in total. The number of hydrogen-bond donors (Lipinski definition) is 2. The van der Waals surface area contributed by atoms with Crippen molar-refractivity contribution in [1.29, 1.82) is 0 Å². The van der Waals surface area contributed by atoms with Gasteiger partial charge in [-0.15, -0.1) is 0 Å². The van der Waals surface area contributed by atoms with Gasteiger partial charge in [-0.1, -0.05) is 28.1 Å². The van der Waals surface area contributed by atoms with Crippen molar-refractivity contribution in [1.82, 2.24) is 10.6 Å². The molecule has 108 valence electrons. The highest BCUT2D eigenvalue weighted by molar-refractivity contribution is 9.10. The van der Waals surface area contributed by atoms with E-state index in [1.54, 1.807) is 0 Å². The molecule has 1 aromatic carbocycles. The number of rotatable bonds is 7. The number of carbonyl (C=O) groups is 2. The minimum atomic E-state index is 0.0218. The van der Waals surface area contributed by atoms with Gasteiger partial charge < -0.3 is 10.6 Å². The topological polar surface area (TPSA) is 58.2 Å². The molecule has 5 heteroatoms. The third-order valence-corrected chi connectivity index (χ3v) is 3.76. The average Bonchev–Trinajstić information content (AvgIpc) is 3.27. The van der Waals surface area contributed by atoms with Crippen LogP contribution in [0, 0.1) is 5.92 Å². The van der Waals surface area contributed by atoms with Crippen molar-refractivity contribution in [2.75, 3.05) is 6.54 Å². The smallest absolute Gasteiger partial charge is 0.223 e. The van der Waals surface area contributed by atoms with Crippen molar-refractivity contribution >= 4 is 27.7 Å². The van der Waals surface area contributed by atoms with Gasteiger partial charge in [0.05, 0.1) is 0 Å². The molecule has 2 amide bonds. The van der Waals surface area contributed by atoms with E-state index in [0.29, 0.717) is 25.9 Å². The third kappa shape index (κ3) is 5.33. The van der Waals surface area contributed by atoms with Crippen molar-refractivity contribution in [3.05, 3.63) is 34.3 Å². The Morgan fingerprint density at radius 1 is 1.15 bits per heavy atom. The molecule has 20 heavy (non-hydrogen) atoms. The number of benzene rings is 1. The molecule has 0 unspecified atom stereocenters. The Bertz CT molecular complexity index is 469. The summed E-state index contributed by atoms with van der Waals surface area (Å²) in [5, 5.41) is 5.73. The van der Waals surface area contributed by atoms with Gasteiger partial charge in [0.2, 0.25) is 11.8 Å². The highest BCUT2D eigenvalue weighted by atomic mass is 79.9. The Hall–Kier alpha value is -1.36. The van der Waals surface area contributed by atoms with Crippen LogP contribution in [-0.2, 0) is 16.1 Å². The zero-order chi connectivity index (χ0) is 14.4. The van der Waals surface area contributed by atoms with Crippen LogP contribution in [0.5, 0.6) is 0 Å². The van der Waals surface area contributed by atoms with Gasteiger partial charge in [0.15, 0.2) is 0 Å². The Balaban J connectivity index is 1.55. The fraction of sp³-hybridized carbons (Fsp3) is 0.467. The molecule has 0 atom stereocenters. The molecule has 4 nitrogen and oxygen atoms in total. The van der Waals surface area contributed by atoms with Crippen molar-refractivity contribution in [2.45, 2.75) is 32.2 Å². The fourth-order valence-electron chi connectivity index (χ4n) is 1.84. The minimum Gasteiger partial charge on any atom is -0.356 e. The lowest BCUT2D eigenvalue weighted by atomic mass is 10.2. The van der Waals surface area contributed by atoms with E-state index in [9.17, 15) is 9.59 Å². The Morgan fingerprint density at radius 2 is 1.85 bits per heavy atom. The number of carbonyl (C=O) groups excluding carboxylic acids is 2. The van der Waals surface area contributed by atoms with Crippen LogP contribution >= 0.6 is 15.9 Å². The van der Waals surface area contributed by atoms with E-state index in [2.05, 4.69) is 26.6 Å². The minimum absolute atomic E-state index is 0.0218.